The van der Waals surface area contributed by atoms with E-state index in [0.717, 1.165) is 30.3 Å². The van der Waals surface area contributed by atoms with Gasteiger partial charge in [0.05, 0.1) is 0 Å². The Labute approximate surface area is 122 Å². The van der Waals surface area contributed by atoms with Crippen molar-refractivity contribution in [2.75, 3.05) is 24.2 Å². The molecule has 0 spiro atoms. The Balaban J connectivity index is 1.64. The van der Waals surface area contributed by atoms with Gasteiger partial charge in [-0.25, -0.2) is 4.98 Å². The van der Waals surface area contributed by atoms with Gasteiger partial charge >= 0.3 is 0 Å². The molecule has 2 aliphatic rings. The topological polar surface area (TPSA) is 40.2 Å². The molecular weight excluding hydrogens is 248 g/mol. The predicted octanol–water partition coefficient (Wildman–Crippen LogP) is 2.94. The molecule has 2 N–H and O–H groups in total. The Hall–Kier alpha value is -1.29. The molecule has 2 saturated heterocycles. The molecule has 2 bridgehead atoms. The first-order chi connectivity index (χ1) is 9.76. The number of rotatable bonds is 4. The van der Waals surface area contributed by atoms with Gasteiger partial charge in [0.25, 0.3) is 0 Å². The molecule has 2 atom stereocenters. The van der Waals surface area contributed by atoms with Crippen LogP contribution in [0.2, 0.25) is 0 Å². The van der Waals surface area contributed by atoms with Gasteiger partial charge in [0, 0.05) is 24.7 Å². The van der Waals surface area contributed by atoms with E-state index in [2.05, 4.69) is 46.6 Å². The number of hydrogen-bond donors (Lipinski definition) is 2. The summed E-state index contributed by atoms with van der Waals surface area (Å²) in [5.74, 6) is 1.97. The summed E-state index contributed by atoms with van der Waals surface area (Å²) in [4.78, 5) is 7.24. The Kier molecular flexibility index (Phi) is 4.10. The van der Waals surface area contributed by atoms with Crippen LogP contribution < -0.4 is 10.6 Å². The minimum atomic E-state index is 0.575. The Morgan fingerprint density at radius 1 is 1.20 bits per heavy atom. The molecule has 0 aromatic carbocycles. The smallest absolute Gasteiger partial charge is 0.128 e. The first-order valence-electron chi connectivity index (χ1n) is 7.95. The molecule has 20 heavy (non-hydrogen) atoms. The van der Waals surface area contributed by atoms with Crippen LogP contribution in [0.1, 0.15) is 39.0 Å². The maximum Gasteiger partial charge on any atom is 0.128 e. The monoisotopic (exact) mass is 274 g/mol. The maximum atomic E-state index is 4.63. The van der Waals surface area contributed by atoms with Crippen molar-refractivity contribution < 1.29 is 0 Å². The minimum absolute atomic E-state index is 0.575. The molecule has 3 heterocycles. The minimum Gasteiger partial charge on any atom is -0.370 e. The highest BCUT2D eigenvalue weighted by atomic mass is 15.2. The molecule has 0 saturated carbocycles. The van der Waals surface area contributed by atoms with E-state index in [1.54, 1.807) is 0 Å². The van der Waals surface area contributed by atoms with Gasteiger partial charge in [0.2, 0.25) is 0 Å². The Morgan fingerprint density at radius 3 is 2.60 bits per heavy atom. The third-order valence-electron chi connectivity index (χ3n) is 4.80. The summed E-state index contributed by atoms with van der Waals surface area (Å²) >= 11 is 0. The lowest BCUT2D eigenvalue weighted by molar-refractivity contribution is 0.0608. The van der Waals surface area contributed by atoms with E-state index < -0.39 is 0 Å². The summed E-state index contributed by atoms with van der Waals surface area (Å²) in [6, 6.07) is 8.27. The summed E-state index contributed by atoms with van der Waals surface area (Å²) in [5, 5.41) is 6.92. The molecule has 110 valence electrons. The van der Waals surface area contributed by atoms with E-state index in [1.165, 1.54) is 32.1 Å². The van der Waals surface area contributed by atoms with E-state index in [1.807, 2.05) is 6.07 Å². The van der Waals surface area contributed by atoms with E-state index in [9.17, 15) is 0 Å². The van der Waals surface area contributed by atoms with Crippen LogP contribution in [-0.4, -0.2) is 41.6 Å². The third kappa shape index (κ3) is 2.90. The quantitative estimate of drug-likeness (QED) is 0.885. The molecule has 4 nitrogen and oxygen atoms in total. The molecule has 3 rings (SSSR count). The fraction of sp³-hybridized carbons (Fsp3) is 0.688. The molecule has 0 amide bonds. The predicted molar refractivity (Wildman–Crippen MR) is 84.2 cm³/mol. The normalized spacial score (nSPS) is 30.0. The van der Waals surface area contributed by atoms with Gasteiger partial charge in [-0.1, -0.05) is 12.5 Å². The lowest BCUT2D eigenvalue weighted by Gasteiger charge is -2.47. The average molecular weight is 274 g/mol. The van der Waals surface area contributed by atoms with Crippen LogP contribution in [0.4, 0.5) is 11.6 Å². The van der Waals surface area contributed by atoms with Crippen molar-refractivity contribution in [3.63, 3.8) is 0 Å². The van der Waals surface area contributed by atoms with Crippen molar-refractivity contribution in [3.8, 4) is 0 Å². The van der Waals surface area contributed by atoms with Gasteiger partial charge < -0.3 is 15.5 Å². The second-order valence-electron chi connectivity index (χ2n) is 6.16. The average Bonchev–Trinajstić information content (AvgIpc) is 2.41. The molecule has 1 aromatic heterocycles. The maximum absolute atomic E-state index is 4.63. The number of hydrogen-bond acceptors (Lipinski definition) is 4. The fourth-order valence-corrected chi connectivity index (χ4v) is 3.74. The molecule has 2 aliphatic heterocycles. The summed E-state index contributed by atoms with van der Waals surface area (Å²) in [5.41, 5.74) is 0. The molecule has 0 aliphatic carbocycles. The van der Waals surface area contributed by atoms with Crippen LogP contribution in [0.3, 0.4) is 0 Å². The van der Waals surface area contributed by atoms with E-state index in [-0.39, 0.29) is 0 Å². The van der Waals surface area contributed by atoms with Crippen molar-refractivity contribution in [3.05, 3.63) is 18.2 Å². The lowest BCUT2D eigenvalue weighted by Crippen LogP contribution is -2.52. The fourth-order valence-electron chi connectivity index (χ4n) is 3.74. The summed E-state index contributed by atoms with van der Waals surface area (Å²) in [7, 11) is 2.30. The van der Waals surface area contributed by atoms with E-state index >= 15 is 0 Å². The second-order valence-corrected chi connectivity index (χ2v) is 6.16. The first kappa shape index (κ1) is 13.7. The highest BCUT2D eigenvalue weighted by Gasteiger charge is 2.35. The zero-order valence-electron chi connectivity index (χ0n) is 12.6. The number of piperidine rings is 2. The number of pyridine rings is 1. The zero-order chi connectivity index (χ0) is 13.9. The van der Waals surface area contributed by atoms with Gasteiger partial charge in [0.1, 0.15) is 11.6 Å². The molecule has 2 unspecified atom stereocenters. The van der Waals surface area contributed by atoms with E-state index in [0.29, 0.717) is 6.04 Å². The van der Waals surface area contributed by atoms with Crippen molar-refractivity contribution in [2.24, 2.45) is 0 Å². The van der Waals surface area contributed by atoms with Gasteiger partial charge in [-0.15, -0.1) is 0 Å². The number of aromatic nitrogens is 1. The second kappa shape index (κ2) is 6.00. The lowest BCUT2D eigenvalue weighted by atomic mass is 9.82. The summed E-state index contributed by atoms with van der Waals surface area (Å²) in [6.45, 7) is 3.01. The molecule has 2 fully saturated rings. The van der Waals surface area contributed by atoms with Crippen molar-refractivity contribution >= 4 is 11.6 Å². The van der Waals surface area contributed by atoms with Crippen LogP contribution >= 0.6 is 0 Å². The van der Waals surface area contributed by atoms with Crippen LogP contribution in [0.25, 0.3) is 0 Å². The van der Waals surface area contributed by atoms with Gasteiger partial charge in [0.15, 0.2) is 0 Å². The third-order valence-corrected chi connectivity index (χ3v) is 4.80. The molecular formula is C16H26N4. The number of anilines is 2. The molecule has 1 aromatic rings. The highest BCUT2D eigenvalue weighted by molar-refractivity contribution is 5.45. The van der Waals surface area contributed by atoms with Gasteiger partial charge in [-0.3, -0.25) is 0 Å². The van der Waals surface area contributed by atoms with Crippen molar-refractivity contribution in [1.82, 2.24) is 9.88 Å². The highest BCUT2D eigenvalue weighted by Crippen LogP contribution is 2.33. The number of nitrogens with one attached hydrogen (secondary N) is 2. The van der Waals surface area contributed by atoms with Crippen LogP contribution in [0, 0.1) is 0 Å². The van der Waals surface area contributed by atoms with Crippen LogP contribution in [0.5, 0.6) is 0 Å². The van der Waals surface area contributed by atoms with Crippen molar-refractivity contribution in [2.45, 2.75) is 57.2 Å². The van der Waals surface area contributed by atoms with Crippen LogP contribution in [0.15, 0.2) is 18.2 Å². The zero-order valence-corrected chi connectivity index (χ0v) is 12.6. The van der Waals surface area contributed by atoms with E-state index in [4.69, 9.17) is 0 Å². The summed E-state index contributed by atoms with van der Waals surface area (Å²) < 4.78 is 0. The van der Waals surface area contributed by atoms with Crippen molar-refractivity contribution in [1.29, 1.82) is 0 Å². The number of fused-ring (bicyclic) bond motifs is 2. The Morgan fingerprint density at radius 2 is 1.90 bits per heavy atom. The molecule has 4 heteroatoms. The SMILES string of the molecule is CCNc1cccc(NC2CC3CCCC(C2)N3C)n1. The van der Waals surface area contributed by atoms with Gasteiger partial charge in [-0.05, 0) is 51.8 Å². The van der Waals surface area contributed by atoms with Crippen LogP contribution in [-0.2, 0) is 0 Å². The molecule has 0 radical (unpaired) electrons. The first-order valence-corrected chi connectivity index (χ1v) is 7.95. The largest absolute Gasteiger partial charge is 0.370 e. The standard InChI is InChI=1S/C16H26N4/c1-3-17-15-8-5-9-16(19-15)18-12-10-13-6-4-7-14(11-12)20(13)2/h5,8-9,12-14H,3-4,6-7,10-11H2,1-2H3,(H2,17,18,19). The van der Waals surface area contributed by atoms with Gasteiger partial charge in [-0.2, -0.15) is 0 Å². The Bertz CT molecular complexity index is 434. The summed E-state index contributed by atoms with van der Waals surface area (Å²) in [6.07, 6.45) is 6.62. The number of nitrogens with zero attached hydrogens (tertiary/aromatic N) is 2.